The van der Waals surface area contributed by atoms with Crippen molar-refractivity contribution >= 4 is 44.3 Å². The zero-order valence-corrected chi connectivity index (χ0v) is 21.8. The Bertz CT molecular complexity index is 1560. The van der Waals surface area contributed by atoms with Crippen molar-refractivity contribution < 1.29 is 27.4 Å². The highest BCUT2D eigenvalue weighted by Crippen LogP contribution is 2.35. The highest BCUT2D eigenvalue weighted by molar-refractivity contribution is 7.89. The molecule has 0 bridgehead atoms. The average molecular weight is 538 g/mol. The van der Waals surface area contributed by atoms with Crippen molar-refractivity contribution in [2.75, 3.05) is 31.5 Å². The fourth-order valence-corrected chi connectivity index (χ4v) is 4.18. The lowest BCUT2D eigenvalue weighted by atomic mass is 10.2. The van der Waals surface area contributed by atoms with E-state index in [1.165, 1.54) is 12.1 Å². The number of ether oxygens (including phenoxy) is 3. The summed E-state index contributed by atoms with van der Waals surface area (Å²) in [5.41, 5.74) is 2.51. The number of primary sulfonamides is 1. The molecule has 0 saturated heterocycles. The number of esters is 1. The second-order valence-corrected chi connectivity index (χ2v) is 9.65. The number of hydrogen-bond donors (Lipinski definition) is 3. The minimum absolute atomic E-state index is 0.0334. The van der Waals surface area contributed by atoms with E-state index in [1.807, 2.05) is 0 Å². The van der Waals surface area contributed by atoms with Crippen molar-refractivity contribution in [3.05, 3.63) is 71.8 Å². The zero-order valence-electron chi connectivity index (χ0n) is 21.0. The van der Waals surface area contributed by atoms with Crippen molar-refractivity contribution in [3.8, 4) is 11.5 Å². The van der Waals surface area contributed by atoms with E-state index in [0.717, 1.165) is 5.56 Å². The molecule has 11 nitrogen and oxygen atoms in total. The number of nitrogens with two attached hydrogens (primary N) is 1. The van der Waals surface area contributed by atoms with E-state index in [0.29, 0.717) is 58.6 Å². The van der Waals surface area contributed by atoms with Crippen LogP contribution in [0.4, 0.5) is 17.5 Å². The lowest BCUT2D eigenvalue weighted by Gasteiger charge is -2.15. The molecule has 0 aliphatic carbocycles. The minimum Gasteiger partial charge on any atom is -0.493 e. The van der Waals surface area contributed by atoms with Crippen LogP contribution in [0.25, 0.3) is 10.9 Å². The Balaban J connectivity index is 1.66. The Morgan fingerprint density at radius 1 is 0.947 bits per heavy atom. The number of anilines is 3. The molecule has 0 radical (unpaired) electrons. The molecule has 0 atom stereocenters. The van der Waals surface area contributed by atoms with Gasteiger partial charge >= 0.3 is 5.97 Å². The summed E-state index contributed by atoms with van der Waals surface area (Å²) in [7, 11) is -0.693. The van der Waals surface area contributed by atoms with Gasteiger partial charge in [0.05, 0.1) is 36.8 Å². The van der Waals surface area contributed by atoms with Crippen molar-refractivity contribution in [1.29, 1.82) is 0 Å². The predicted molar refractivity (Wildman–Crippen MR) is 143 cm³/mol. The topological polar surface area (TPSA) is 155 Å². The number of sulfonamides is 1. The van der Waals surface area contributed by atoms with Crippen molar-refractivity contribution in [2.45, 2.75) is 18.4 Å². The Morgan fingerprint density at radius 3 is 2.21 bits per heavy atom. The van der Waals surface area contributed by atoms with Crippen molar-refractivity contribution in [1.82, 2.24) is 9.97 Å². The van der Waals surface area contributed by atoms with Crippen LogP contribution in [0.15, 0.2) is 65.6 Å². The Hall–Kier alpha value is -4.42. The number of nitrogens with one attached hydrogen (secondary N) is 2. The van der Waals surface area contributed by atoms with Crippen LogP contribution < -0.4 is 25.2 Å². The summed E-state index contributed by atoms with van der Waals surface area (Å²) in [6.45, 7) is 2.39. The van der Waals surface area contributed by atoms with Gasteiger partial charge in [-0.25, -0.2) is 23.3 Å². The molecule has 1 aromatic heterocycles. The molecule has 0 unspecified atom stereocenters. The number of nitrogens with zero attached hydrogens (tertiary/aromatic N) is 2. The number of benzene rings is 3. The first kappa shape index (κ1) is 26.6. The molecule has 1 heterocycles. The SMILES string of the molecule is CCOC(=O)c1ccc(Nc2nc(NCc3ccc(S(N)(=O)=O)cc3)c3cc(OC)c(OC)cc3n2)cc1. The van der Waals surface area contributed by atoms with Gasteiger partial charge in [0, 0.05) is 23.7 Å². The van der Waals surface area contributed by atoms with Crippen molar-refractivity contribution in [3.63, 3.8) is 0 Å². The van der Waals surface area contributed by atoms with Gasteiger partial charge in [0.25, 0.3) is 0 Å². The molecule has 0 spiro atoms. The van der Waals surface area contributed by atoms with E-state index >= 15 is 0 Å². The molecule has 4 N–H and O–H groups in total. The van der Waals surface area contributed by atoms with Gasteiger partial charge in [0.2, 0.25) is 16.0 Å². The second kappa shape index (κ2) is 11.3. The van der Waals surface area contributed by atoms with Gasteiger partial charge in [-0.15, -0.1) is 0 Å². The van der Waals surface area contributed by atoms with Crippen LogP contribution in [0.5, 0.6) is 11.5 Å². The first-order valence-electron chi connectivity index (χ1n) is 11.6. The van der Waals surface area contributed by atoms with Gasteiger partial charge in [-0.1, -0.05) is 12.1 Å². The van der Waals surface area contributed by atoms with Crippen LogP contribution in [0.2, 0.25) is 0 Å². The number of carbonyl (C=O) groups is 1. The van der Waals surface area contributed by atoms with Crippen LogP contribution in [-0.4, -0.2) is 45.2 Å². The third-order valence-electron chi connectivity index (χ3n) is 5.57. The van der Waals surface area contributed by atoms with Gasteiger partial charge in [-0.2, -0.15) is 4.98 Å². The Kier molecular flexibility index (Phi) is 7.93. The summed E-state index contributed by atoms with van der Waals surface area (Å²) in [6, 6.07) is 16.5. The number of methoxy groups -OCH3 is 2. The normalized spacial score (nSPS) is 11.2. The highest BCUT2D eigenvalue weighted by Gasteiger charge is 2.15. The number of fused-ring (bicyclic) bond motifs is 1. The first-order chi connectivity index (χ1) is 18.2. The molecule has 38 heavy (non-hydrogen) atoms. The number of rotatable bonds is 10. The van der Waals surface area contributed by atoms with Crippen LogP contribution in [-0.2, 0) is 21.3 Å². The fourth-order valence-electron chi connectivity index (χ4n) is 3.66. The molecule has 198 valence electrons. The molecule has 3 aromatic carbocycles. The van der Waals surface area contributed by atoms with Gasteiger partial charge < -0.3 is 24.8 Å². The average Bonchev–Trinajstić information content (AvgIpc) is 2.91. The Labute approximate surface area is 220 Å². The standard InChI is InChI=1S/C26H27N5O6S/c1-4-37-25(32)17-7-9-18(10-8-17)29-26-30-21-14-23(36-3)22(35-2)13-20(21)24(31-26)28-15-16-5-11-19(12-6-16)38(27,33)34/h5-14H,4,15H2,1-3H3,(H2,27,33,34)(H2,28,29,30,31). The van der Waals surface area contributed by atoms with E-state index in [1.54, 1.807) is 69.7 Å². The number of hydrogen-bond acceptors (Lipinski definition) is 10. The molecule has 4 rings (SSSR count). The third kappa shape index (κ3) is 6.10. The maximum atomic E-state index is 11.9. The van der Waals surface area contributed by atoms with Crippen LogP contribution in [0.1, 0.15) is 22.8 Å². The maximum Gasteiger partial charge on any atom is 0.338 e. The highest BCUT2D eigenvalue weighted by atomic mass is 32.2. The number of aromatic nitrogens is 2. The molecule has 4 aromatic rings. The van der Waals surface area contributed by atoms with Gasteiger partial charge in [-0.05, 0) is 55.0 Å². The molecule has 0 fully saturated rings. The largest absolute Gasteiger partial charge is 0.493 e. The lowest BCUT2D eigenvalue weighted by Crippen LogP contribution is -2.12. The summed E-state index contributed by atoms with van der Waals surface area (Å²) < 4.78 is 39.0. The molecular weight excluding hydrogens is 510 g/mol. The van der Waals surface area contributed by atoms with E-state index < -0.39 is 16.0 Å². The Morgan fingerprint density at radius 2 is 1.61 bits per heavy atom. The number of carbonyl (C=O) groups excluding carboxylic acids is 1. The van der Waals surface area contributed by atoms with Crippen molar-refractivity contribution in [2.24, 2.45) is 5.14 Å². The fraction of sp³-hybridized carbons (Fsp3) is 0.192. The van der Waals surface area contributed by atoms with Crippen LogP contribution in [0, 0.1) is 0 Å². The second-order valence-electron chi connectivity index (χ2n) is 8.09. The third-order valence-corrected chi connectivity index (χ3v) is 6.49. The molecule has 0 saturated carbocycles. The maximum absolute atomic E-state index is 11.9. The summed E-state index contributed by atoms with van der Waals surface area (Å²) in [5.74, 6) is 1.44. The lowest BCUT2D eigenvalue weighted by molar-refractivity contribution is 0.0526. The molecule has 0 aliphatic heterocycles. The molecule has 0 aliphatic rings. The summed E-state index contributed by atoms with van der Waals surface area (Å²) >= 11 is 0. The monoisotopic (exact) mass is 537 g/mol. The first-order valence-corrected chi connectivity index (χ1v) is 13.1. The molecule has 0 amide bonds. The van der Waals surface area contributed by atoms with Gasteiger partial charge in [-0.3, -0.25) is 0 Å². The smallest absolute Gasteiger partial charge is 0.338 e. The zero-order chi connectivity index (χ0) is 27.3. The van der Waals surface area contributed by atoms with E-state index in [2.05, 4.69) is 20.6 Å². The quantitative estimate of drug-likeness (QED) is 0.254. The molecule has 12 heteroatoms. The van der Waals surface area contributed by atoms with Gasteiger partial charge in [0.1, 0.15) is 5.82 Å². The van der Waals surface area contributed by atoms with Crippen LogP contribution in [0.3, 0.4) is 0 Å². The predicted octanol–water partition coefficient (Wildman–Crippen LogP) is 3.83. The van der Waals surface area contributed by atoms with E-state index in [-0.39, 0.29) is 4.90 Å². The summed E-state index contributed by atoms with van der Waals surface area (Å²) in [5, 5.41) is 12.3. The summed E-state index contributed by atoms with van der Waals surface area (Å²) in [4.78, 5) is 21.2. The van der Waals surface area contributed by atoms with Gasteiger partial charge in [0.15, 0.2) is 11.5 Å². The van der Waals surface area contributed by atoms with E-state index in [4.69, 9.17) is 19.3 Å². The summed E-state index contributed by atoms with van der Waals surface area (Å²) in [6.07, 6.45) is 0. The molecular formula is C26H27N5O6S. The minimum atomic E-state index is -3.78. The van der Waals surface area contributed by atoms with E-state index in [9.17, 15) is 13.2 Å². The van der Waals surface area contributed by atoms with Crippen LogP contribution >= 0.6 is 0 Å².